The summed E-state index contributed by atoms with van der Waals surface area (Å²) in [7, 11) is 0. The van der Waals surface area contributed by atoms with Crippen LogP contribution < -0.4 is 5.32 Å². The molecule has 0 saturated carbocycles. The average Bonchev–Trinajstić information content (AvgIpc) is 2.38. The first kappa shape index (κ1) is 15.4. The summed E-state index contributed by atoms with van der Waals surface area (Å²) >= 11 is 5.45. The van der Waals surface area contributed by atoms with E-state index in [1.165, 1.54) is 13.0 Å². The van der Waals surface area contributed by atoms with E-state index in [0.29, 0.717) is 0 Å². The van der Waals surface area contributed by atoms with Crippen molar-refractivity contribution in [3.8, 4) is 0 Å². The molecule has 0 unspecified atom stereocenters. The van der Waals surface area contributed by atoms with E-state index < -0.39 is 40.3 Å². The molecule has 3 nitrogen and oxygen atoms in total. The number of alkyl halides is 3. The Hall–Kier alpha value is -1.96. The predicted octanol–water partition coefficient (Wildman–Crippen LogP) is 4.48. The van der Waals surface area contributed by atoms with E-state index in [1.807, 2.05) is 0 Å². The van der Waals surface area contributed by atoms with E-state index in [2.05, 4.69) is 15.3 Å². The molecule has 0 atom stereocenters. The number of halogens is 6. The van der Waals surface area contributed by atoms with Crippen molar-refractivity contribution in [3.05, 3.63) is 46.4 Å². The molecule has 1 aromatic carbocycles. The molecular formula is C12H7ClF5N3. The summed E-state index contributed by atoms with van der Waals surface area (Å²) in [6.07, 6.45) is -4.83. The van der Waals surface area contributed by atoms with Gasteiger partial charge < -0.3 is 5.32 Å². The standard InChI is InChI=1S/C12H7ClF5N3/c1-5-2-3-6(14)10(9(5)15)20-8-4-7(13)19-11(21-8)12(16,17)18/h2-4H,1H3,(H,19,20,21). The first-order valence-electron chi connectivity index (χ1n) is 5.52. The molecule has 2 rings (SSSR count). The number of aromatic nitrogens is 2. The average molecular weight is 324 g/mol. The van der Waals surface area contributed by atoms with E-state index >= 15 is 0 Å². The molecule has 21 heavy (non-hydrogen) atoms. The summed E-state index contributed by atoms with van der Waals surface area (Å²) in [5.74, 6) is -3.88. The van der Waals surface area contributed by atoms with Crippen LogP contribution in [0.5, 0.6) is 0 Å². The smallest absolute Gasteiger partial charge is 0.335 e. The van der Waals surface area contributed by atoms with Gasteiger partial charge in [-0.1, -0.05) is 17.7 Å². The van der Waals surface area contributed by atoms with Crippen LogP contribution in [0.1, 0.15) is 11.4 Å². The number of hydrogen-bond acceptors (Lipinski definition) is 3. The Morgan fingerprint density at radius 1 is 1.14 bits per heavy atom. The number of hydrogen-bond donors (Lipinski definition) is 1. The Balaban J connectivity index is 2.46. The minimum Gasteiger partial charge on any atom is -0.335 e. The third kappa shape index (κ3) is 3.38. The second-order valence-corrected chi connectivity index (χ2v) is 4.46. The molecule has 0 bridgehead atoms. The maximum atomic E-state index is 13.8. The number of nitrogens with one attached hydrogen (secondary N) is 1. The Morgan fingerprint density at radius 2 is 1.81 bits per heavy atom. The van der Waals surface area contributed by atoms with Crippen molar-refractivity contribution in [1.82, 2.24) is 9.97 Å². The molecule has 1 heterocycles. The summed E-state index contributed by atoms with van der Waals surface area (Å²) < 4.78 is 65.0. The van der Waals surface area contributed by atoms with Gasteiger partial charge in [0, 0.05) is 6.07 Å². The largest absolute Gasteiger partial charge is 0.451 e. The summed E-state index contributed by atoms with van der Waals surface area (Å²) in [5.41, 5.74) is -0.493. The van der Waals surface area contributed by atoms with Crippen LogP contribution in [-0.4, -0.2) is 9.97 Å². The molecule has 0 aliphatic rings. The Bertz CT molecular complexity index is 687. The zero-order valence-electron chi connectivity index (χ0n) is 10.4. The Kier molecular flexibility index (Phi) is 3.99. The van der Waals surface area contributed by atoms with Gasteiger partial charge in [0.05, 0.1) is 0 Å². The van der Waals surface area contributed by atoms with Gasteiger partial charge in [0.15, 0.2) is 5.82 Å². The minimum absolute atomic E-state index is 0.120. The van der Waals surface area contributed by atoms with E-state index in [0.717, 1.165) is 12.1 Å². The van der Waals surface area contributed by atoms with Crippen molar-refractivity contribution in [2.45, 2.75) is 13.1 Å². The van der Waals surface area contributed by atoms with Gasteiger partial charge in [-0.05, 0) is 18.6 Å². The van der Waals surface area contributed by atoms with E-state index in [9.17, 15) is 22.0 Å². The van der Waals surface area contributed by atoms with Crippen LogP contribution in [0.3, 0.4) is 0 Å². The van der Waals surface area contributed by atoms with Gasteiger partial charge in [-0.15, -0.1) is 0 Å². The highest BCUT2D eigenvalue weighted by Crippen LogP contribution is 2.30. The molecule has 1 N–H and O–H groups in total. The van der Waals surface area contributed by atoms with Gasteiger partial charge in [0.2, 0.25) is 5.82 Å². The SMILES string of the molecule is Cc1ccc(F)c(Nc2cc(Cl)nc(C(F)(F)F)n2)c1F. The topological polar surface area (TPSA) is 37.8 Å². The normalized spacial score (nSPS) is 11.6. The lowest BCUT2D eigenvalue weighted by Crippen LogP contribution is -2.12. The molecule has 0 aliphatic carbocycles. The molecule has 0 amide bonds. The number of rotatable bonds is 2. The van der Waals surface area contributed by atoms with Crippen LogP contribution in [-0.2, 0) is 6.18 Å². The molecule has 9 heteroatoms. The fourth-order valence-corrected chi connectivity index (χ4v) is 1.69. The maximum absolute atomic E-state index is 13.8. The van der Waals surface area contributed by atoms with Crippen LogP contribution in [0.15, 0.2) is 18.2 Å². The van der Waals surface area contributed by atoms with Gasteiger partial charge in [0.25, 0.3) is 0 Å². The number of aryl methyl sites for hydroxylation is 1. The molecule has 1 aromatic heterocycles. The third-order valence-corrected chi connectivity index (χ3v) is 2.68. The van der Waals surface area contributed by atoms with E-state index in [4.69, 9.17) is 11.6 Å². The van der Waals surface area contributed by atoms with Crippen molar-refractivity contribution in [1.29, 1.82) is 0 Å². The highest BCUT2D eigenvalue weighted by molar-refractivity contribution is 6.29. The summed E-state index contributed by atoms with van der Waals surface area (Å²) in [4.78, 5) is 6.16. The van der Waals surface area contributed by atoms with Gasteiger partial charge in [-0.2, -0.15) is 13.2 Å². The van der Waals surface area contributed by atoms with Crippen LogP contribution in [0.25, 0.3) is 0 Å². The predicted molar refractivity (Wildman–Crippen MR) is 66.4 cm³/mol. The van der Waals surface area contributed by atoms with Crippen LogP contribution in [0.4, 0.5) is 33.5 Å². The van der Waals surface area contributed by atoms with Crippen molar-refractivity contribution in [2.75, 3.05) is 5.32 Å². The summed E-state index contributed by atoms with van der Waals surface area (Å²) in [6.45, 7) is 1.38. The van der Waals surface area contributed by atoms with Crippen molar-refractivity contribution in [2.24, 2.45) is 0 Å². The van der Waals surface area contributed by atoms with Crippen LogP contribution >= 0.6 is 11.6 Å². The van der Waals surface area contributed by atoms with E-state index in [-0.39, 0.29) is 5.56 Å². The molecule has 2 aromatic rings. The molecule has 0 aliphatic heterocycles. The highest BCUT2D eigenvalue weighted by atomic mass is 35.5. The molecule has 0 fully saturated rings. The quantitative estimate of drug-likeness (QED) is 0.654. The zero-order chi connectivity index (χ0) is 15.8. The maximum Gasteiger partial charge on any atom is 0.451 e. The van der Waals surface area contributed by atoms with Gasteiger partial charge in [0.1, 0.15) is 22.5 Å². The fraction of sp³-hybridized carbons (Fsp3) is 0.167. The van der Waals surface area contributed by atoms with Crippen molar-refractivity contribution >= 4 is 23.1 Å². The number of benzene rings is 1. The van der Waals surface area contributed by atoms with E-state index in [1.54, 1.807) is 0 Å². The summed E-state index contributed by atoms with van der Waals surface area (Å²) in [5, 5.41) is 1.64. The number of nitrogens with zero attached hydrogens (tertiary/aromatic N) is 2. The Morgan fingerprint density at radius 3 is 2.43 bits per heavy atom. The lowest BCUT2D eigenvalue weighted by atomic mass is 10.2. The van der Waals surface area contributed by atoms with Gasteiger partial charge in [-0.3, -0.25) is 0 Å². The zero-order valence-corrected chi connectivity index (χ0v) is 11.2. The van der Waals surface area contributed by atoms with Crippen LogP contribution in [0.2, 0.25) is 5.15 Å². The number of anilines is 2. The lowest BCUT2D eigenvalue weighted by molar-refractivity contribution is -0.144. The monoisotopic (exact) mass is 323 g/mol. The second-order valence-electron chi connectivity index (χ2n) is 4.08. The fourth-order valence-electron chi connectivity index (χ4n) is 1.51. The highest BCUT2D eigenvalue weighted by Gasteiger charge is 2.35. The van der Waals surface area contributed by atoms with Gasteiger partial charge >= 0.3 is 6.18 Å². The van der Waals surface area contributed by atoms with Crippen molar-refractivity contribution < 1.29 is 22.0 Å². The molecular weight excluding hydrogens is 317 g/mol. The molecule has 0 radical (unpaired) electrons. The Labute approximate surface area is 120 Å². The molecule has 0 saturated heterocycles. The summed E-state index contributed by atoms with van der Waals surface area (Å²) in [6, 6.07) is 3.11. The molecule has 0 spiro atoms. The van der Waals surface area contributed by atoms with Gasteiger partial charge in [-0.25, -0.2) is 18.7 Å². The molecule has 112 valence electrons. The first-order valence-corrected chi connectivity index (χ1v) is 5.89. The second kappa shape index (κ2) is 5.44. The van der Waals surface area contributed by atoms with Crippen LogP contribution in [0, 0.1) is 18.6 Å². The third-order valence-electron chi connectivity index (χ3n) is 2.49. The van der Waals surface area contributed by atoms with Crippen molar-refractivity contribution in [3.63, 3.8) is 0 Å². The first-order chi connectivity index (χ1) is 9.68. The minimum atomic E-state index is -4.83. The lowest BCUT2D eigenvalue weighted by Gasteiger charge is -2.12.